The molecule has 1 aliphatic carbocycles. The summed E-state index contributed by atoms with van der Waals surface area (Å²) in [5.74, 6) is -0.867. The molecule has 0 saturated heterocycles. The molecule has 0 spiro atoms. The van der Waals surface area contributed by atoms with Crippen molar-refractivity contribution in [2.75, 3.05) is 0 Å². The maximum atomic E-state index is 11.6. The maximum absolute atomic E-state index is 11.6. The van der Waals surface area contributed by atoms with E-state index in [9.17, 15) is 14.7 Å². The average molecular weight is 215 g/mol. The van der Waals surface area contributed by atoms with Crippen molar-refractivity contribution in [1.82, 2.24) is 0 Å². The van der Waals surface area contributed by atoms with Crippen LogP contribution in [0.25, 0.3) is 5.57 Å². The summed E-state index contributed by atoms with van der Waals surface area (Å²) in [5.41, 5.74) is 5.77. The van der Waals surface area contributed by atoms with E-state index in [1.807, 2.05) is 0 Å². The van der Waals surface area contributed by atoms with Gasteiger partial charge < -0.3 is 10.8 Å². The Morgan fingerprint density at radius 1 is 1.00 bits per heavy atom. The molecule has 0 atom stereocenters. The lowest BCUT2D eigenvalue weighted by Gasteiger charge is -2.12. The molecule has 4 nitrogen and oxygen atoms in total. The fraction of sp³-hybridized carbons (Fsp3) is 0. The number of nitrogens with two attached hydrogens (primary N) is 1. The summed E-state index contributed by atoms with van der Waals surface area (Å²) in [5, 5.41) is 9.61. The number of phenols is 1. The number of phenolic OH excluding ortho intramolecular Hbond substituents is 1. The fourth-order valence-corrected chi connectivity index (χ4v) is 1.54. The molecule has 16 heavy (non-hydrogen) atoms. The van der Waals surface area contributed by atoms with Crippen LogP contribution in [0.3, 0.4) is 0 Å². The summed E-state index contributed by atoms with van der Waals surface area (Å²) >= 11 is 0. The number of hydrogen-bond acceptors (Lipinski definition) is 4. The summed E-state index contributed by atoms with van der Waals surface area (Å²) < 4.78 is 0. The summed E-state index contributed by atoms with van der Waals surface area (Å²) in [7, 11) is 0. The monoisotopic (exact) mass is 215 g/mol. The minimum Gasteiger partial charge on any atom is -0.507 e. The van der Waals surface area contributed by atoms with Gasteiger partial charge >= 0.3 is 0 Å². The molecule has 0 heterocycles. The molecule has 0 amide bonds. The van der Waals surface area contributed by atoms with E-state index in [4.69, 9.17) is 5.73 Å². The van der Waals surface area contributed by atoms with Crippen molar-refractivity contribution in [2.45, 2.75) is 0 Å². The van der Waals surface area contributed by atoms with Crippen molar-refractivity contribution >= 4 is 17.1 Å². The first-order chi connectivity index (χ1) is 7.61. The van der Waals surface area contributed by atoms with Gasteiger partial charge in [0.2, 0.25) is 5.78 Å². The standard InChI is InChI=1S/C12H9NO3/c13-12-10(16)6-5-9(15)11(12)7-3-1-2-4-8(7)14/h1-6,14H,13H2. The van der Waals surface area contributed by atoms with Gasteiger partial charge in [-0.15, -0.1) is 0 Å². The zero-order valence-corrected chi connectivity index (χ0v) is 8.31. The van der Waals surface area contributed by atoms with Gasteiger partial charge in [0, 0.05) is 5.56 Å². The van der Waals surface area contributed by atoms with E-state index in [1.165, 1.54) is 6.07 Å². The fourth-order valence-electron chi connectivity index (χ4n) is 1.54. The first kappa shape index (κ1) is 10.2. The van der Waals surface area contributed by atoms with Gasteiger partial charge in [0.15, 0.2) is 5.78 Å². The molecular weight excluding hydrogens is 206 g/mol. The van der Waals surface area contributed by atoms with E-state index in [-0.39, 0.29) is 28.4 Å². The van der Waals surface area contributed by atoms with E-state index in [0.717, 1.165) is 12.2 Å². The van der Waals surface area contributed by atoms with Crippen molar-refractivity contribution in [3.05, 3.63) is 47.7 Å². The number of aromatic hydroxyl groups is 1. The number of hydrogen-bond donors (Lipinski definition) is 2. The van der Waals surface area contributed by atoms with Gasteiger partial charge in [-0.3, -0.25) is 9.59 Å². The van der Waals surface area contributed by atoms with Crippen LogP contribution in [0.5, 0.6) is 5.75 Å². The van der Waals surface area contributed by atoms with Crippen LogP contribution in [0.2, 0.25) is 0 Å². The van der Waals surface area contributed by atoms with Gasteiger partial charge in [-0.05, 0) is 18.2 Å². The SMILES string of the molecule is NC1=C(c2ccccc2O)C(=O)C=CC1=O. The number of ketones is 2. The van der Waals surface area contributed by atoms with Crippen LogP contribution in [-0.2, 0) is 9.59 Å². The molecule has 1 aromatic rings. The van der Waals surface area contributed by atoms with Gasteiger partial charge in [0.25, 0.3) is 0 Å². The van der Waals surface area contributed by atoms with Gasteiger partial charge in [-0.1, -0.05) is 18.2 Å². The van der Waals surface area contributed by atoms with Crippen LogP contribution in [0, 0.1) is 0 Å². The van der Waals surface area contributed by atoms with E-state index in [1.54, 1.807) is 18.2 Å². The Bertz CT molecular complexity index is 541. The topological polar surface area (TPSA) is 80.4 Å². The van der Waals surface area contributed by atoms with Crippen molar-refractivity contribution in [2.24, 2.45) is 5.73 Å². The first-order valence-electron chi connectivity index (χ1n) is 4.66. The summed E-state index contributed by atoms with van der Waals surface area (Å²) in [6, 6.07) is 6.26. The molecule has 1 aliphatic rings. The highest BCUT2D eigenvalue weighted by Crippen LogP contribution is 2.28. The van der Waals surface area contributed by atoms with E-state index < -0.39 is 5.78 Å². The quantitative estimate of drug-likeness (QED) is 0.678. The largest absolute Gasteiger partial charge is 0.507 e. The van der Waals surface area contributed by atoms with Crippen LogP contribution in [-0.4, -0.2) is 16.7 Å². The molecule has 80 valence electrons. The highest BCUT2D eigenvalue weighted by Gasteiger charge is 2.23. The normalized spacial score (nSPS) is 15.8. The van der Waals surface area contributed by atoms with E-state index >= 15 is 0 Å². The van der Waals surface area contributed by atoms with E-state index in [2.05, 4.69) is 0 Å². The molecule has 3 N–H and O–H groups in total. The van der Waals surface area contributed by atoms with Gasteiger partial charge in [-0.25, -0.2) is 0 Å². The van der Waals surface area contributed by atoms with Crippen molar-refractivity contribution in [3.63, 3.8) is 0 Å². The van der Waals surface area contributed by atoms with Gasteiger partial charge in [-0.2, -0.15) is 0 Å². The molecule has 0 bridgehead atoms. The summed E-state index contributed by atoms with van der Waals surface area (Å²) in [4.78, 5) is 22.9. The smallest absolute Gasteiger partial charge is 0.202 e. The predicted molar refractivity (Wildman–Crippen MR) is 58.4 cm³/mol. The van der Waals surface area contributed by atoms with Crippen molar-refractivity contribution in [1.29, 1.82) is 0 Å². The number of allylic oxidation sites excluding steroid dienone is 3. The second kappa shape index (κ2) is 3.66. The van der Waals surface area contributed by atoms with Crippen LogP contribution in [0.4, 0.5) is 0 Å². The molecule has 0 fully saturated rings. The molecule has 0 aliphatic heterocycles. The minimum absolute atomic E-state index is 0.0607. The van der Waals surface area contributed by atoms with Crippen LogP contribution < -0.4 is 5.73 Å². The Morgan fingerprint density at radius 3 is 2.31 bits per heavy atom. The number of rotatable bonds is 1. The third-order valence-electron chi connectivity index (χ3n) is 2.34. The lowest BCUT2D eigenvalue weighted by atomic mass is 9.93. The molecule has 0 aromatic heterocycles. The Balaban J connectivity index is 2.64. The van der Waals surface area contributed by atoms with Gasteiger partial charge in [0.05, 0.1) is 11.3 Å². The second-order valence-corrected chi connectivity index (χ2v) is 3.37. The molecule has 0 unspecified atom stereocenters. The molecule has 2 rings (SSSR count). The molecular formula is C12H9NO3. The zero-order chi connectivity index (χ0) is 11.7. The Morgan fingerprint density at radius 2 is 1.62 bits per heavy atom. The number of carbonyl (C=O) groups is 2. The van der Waals surface area contributed by atoms with Crippen molar-refractivity contribution in [3.8, 4) is 5.75 Å². The predicted octanol–water partition coefficient (Wildman–Crippen LogP) is 0.770. The molecule has 0 radical (unpaired) electrons. The lowest BCUT2D eigenvalue weighted by molar-refractivity contribution is -0.114. The van der Waals surface area contributed by atoms with Crippen LogP contribution in [0.1, 0.15) is 5.56 Å². The minimum atomic E-state index is -0.419. The summed E-state index contributed by atoms with van der Waals surface area (Å²) in [6.07, 6.45) is 2.28. The molecule has 1 aromatic carbocycles. The number of carbonyl (C=O) groups excluding carboxylic acids is 2. The van der Waals surface area contributed by atoms with Crippen LogP contribution in [0.15, 0.2) is 42.1 Å². The average Bonchev–Trinajstić information content (AvgIpc) is 2.27. The summed E-state index contributed by atoms with van der Waals surface area (Å²) in [6.45, 7) is 0. The van der Waals surface area contributed by atoms with Crippen molar-refractivity contribution < 1.29 is 14.7 Å². The van der Waals surface area contributed by atoms with Crippen LogP contribution >= 0.6 is 0 Å². The zero-order valence-electron chi connectivity index (χ0n) is 8.31. The first-order valence-corrected chi connectivity index (χ1v) is 4.66. The Hall–Kier alpha value is -2.36. The Labute approximate surface area is 91.7 Å². The number of para-hydroxylation sites is 1. The van der Waals surface area contributed by atoms with Gasteiger partial charge in [0.1, 0.15) is 5.75 Å². The third kappa shape index (κ3) is 1.50. The molecule has 4 heteroatoms. The second-order valence-electron chi connectivity index (χ2n) is 3.37. The Kier molecular flexibility index (Phi) is 2.32. The molecule has 0 saturated carbocycles. The highest BCUT2D eigenvalue weighted by atomic mass is 16.3. The lowest BCUT2D eigenvalue weighted by Crippen LogP contribution is -2.19. The number of benzene rings is 1. The highest BCUT2D eigenvalue weighted by molar-refractivity contribution is 6.36. The third-order valence-corrected chi connectivity index (χ3v) is 2.34. The maximum Gasteiger partial charge on any atom is 0.202 e. The van der Waals surface area contributed by atoms with E-state index in [0.29, 0.717) is 0 Å².